The van der Waals surface area contributed by atoms with Crippen LogP contribution < -0.4 is 0 Å². The average Bonchev–Trinajstić information content (AvgIpc) is 3.29. The average molecular weight is 547 g/mol. The van der Waals surface area contributed by atoms with Gasteiger partial charge in [0, 0.05) is 26.2 Å². The second kappa shape index (κ2) is 11.6. The lowest BCUT2D eigenvalue weighted by atomic mass is 10.1. The molecule has 1 amide bonds. The van der Waals surface area contributed by atoms with Crippen LogP contribution in [0.15, 0.2) is 47.4 Å². The molecule has 0 spiro atoms. The number of aryl methyl sites for hydroxylation is 1. The van der Waals surface area contributed by atoms with Crippen molar-refractivity contribution in [3.05, 3.63) is 63.6 Å². The van der Waals surface area contributed by atoms with Crippen molar-refractivity contribution < 1.29 is 13.2 Å². The molecule has 0 saturated carbocycles. The fourth-order valence-electron chi connectivity index (χ4n) is 4.58. The number of carbonyl (C=O) groups excluding carboxylic acids is 1. The van der Waals surface area contributed by atoms with E-state index in [1.807, 2.05) is 24.0 Å². The van der Waals surface area contributed by atoms with Gasteiger partial charge >= 0.3 is 0 Å². The highest BCUT2D eigenvalue weighted by atomic mass is 35.5. The summed E-state index contributed by atoms with van der Waals surface area (Å²) in [7, 11) is -3.62. The molecule has 2 heterocycles. The third-order valence-electron chi connectivity index (χ3n) is 6.43. The van der Waals surface area contributed by atoms with E-state index in [9.17, 15) is 13.2 Å². The van der Waals surface area contributed by atoms with Gasteiger partial charge < -0.3 is 9.80 Å². The van der Waals surface area contributed by atoms with E-state index in [1.165, 1.54) is 4.31 Å². The molecule has 34 heavy (non-hydrogen) atoms. The molecule has 0 bridgehead atoms. The number of likely N-dealkylation sites (tertiary alicyclic amines) is 1. The number of halogens is 3. The molecular formula is C24H30Cl3N3O3S. The van der Waals surface area contributed by atoms with Crippen LogP contribution in [0.25, 0.3) is 0 Å². The van der Waals surface area contributed by atoms with Crippen LogP contribution in [-0.2, 0) is 21.2 Å². The quantitative estimate of drug-likeness (QED) is 0.543. The zero-order valence-corrected chi connectivity index (χ0v) is 22.3. The van der Waals surface area contributed by atoms with E-state index in [-0.39, 0.29) is 37.3 Å². The summed E-state index contributed by atoms with van der Waals surface area (Å²) in [6.45, 7) is 5.50. The Morgan fingerprint density at radius 1 is 0.971 bits per heavy atom. The minimum Gasteiger partial charge on any atom is -0.335 e. The predicted octanol–water partition coefficient (Wildman–Crippen LogP) is 4.26. The van der Waals surface area contributed by atoms with Crippen molar-refractivity contribution >= 4 is 51.5 Å². The number of carbonyl (C=O) groups is 1. The molecule has 2 aliphatic heterocycles. The van der Waals surface area contributed by atoms with E-state index in [2.05, 4.69) is 4.90 Å². The summed E-state index contributed by atoms with van der Waals surface area (Å²) in [6, 6.07) is 11.9. The van der Waals surface area contributed by atoms with Gasteiger partial charge in [0.15, 0.2) is 0 Å². The summed E-state index contributed by atoms with van der Waals surface area (Å²) >= 11 is 12.1. The lowest BCUT2D eigenvalue weighted by Crippen LogP contribution is -2.59. The van der Waals surface area contributed by atoms with Crippen molar-refractivity contribution in [2.24, 2.45) is 0 Å². The third kappa shape index (κ3) is 6.25. The van der Waals surface area contributed by atoms with Crippen LogP contribution in [0.4, 0.5) is 0 Å². The van der Waals surface area contributed by atoms with E-state index >= 15 is 0 Å². The number of sulfonamides is 1. The smallest absolute Gasteiger partial charge is 0.243 e. The normalized spacial score (nSPS) is 19.7. The minimum absolute atomic E-state index is 0. The Kier molecular flexibility index (Phi) is 9.29. The maximum Gasteiger partial charge on any atom is 0.243 e. The van der Waals surface area contributed by atoms with Gasteiger partial charge in [0.25, 0.3) is 0 Å². The van der Waals surface area contributed by atoms with E-state index in [1.54, 1.807) is 30.3 Å². The molecule has 2 aliphatic rings. The van der Waals surface area contributed by atoms with Crippen molar-refractivity contribution in [1.29, 1.82) is 0 Å². The molecule has 186 valence electrons. The maximum absolute atomic E-state index is 13.3. The van der Waals surface area contributed by atoms with E-state index in [4.69, 9.17) is 23.2 Å². The molecule has 0 radical (unpaired) electrons. The molecule has 0 unspecified atom stereocenters. The SMILES string of the molecule is Cc1ccc(S(=O)(=O)N2CCN(C(=O)Cc3ccc(Cl)c(Cl)c3)[C@H](CN3CCCC3)C2)cc1.Cl. The first kappa shape index (κ1) is 27.2. The summed E-state index contributed by atoms with van der Waals surface area (Å²) in [5.74, 6) is -0.0232. The summed E-state index contributed by atoms with van der Waals surface area (Å²) < 4.78 is 28.1. The maximum atomic E-state index is 13.3. The van der Waals surface area contributed by atoms with Crippen LogP contribution in [-0.4, -0.2) is 73.7 Å². The number of hydrogen-bond donors (Lipinski definition) is 0. The lowest BCUT2D eigenvalue weighted by molar-refractivity contribution is -0.135. The second-order valence-electron chi connectivity index (χ2n) is 8.85. The van der Waals surface area contributed by atoms with Crippen LogP contribution in [0.5, 0.6) is 0 Å². The molecule has 2 fully saturated rings. The van der Waals surface area contributed by atoms with Crippen molar-refractivity contribution in [2.75, 3.05) is 39.3 Å². The van der Waals surface area contributed by atoms with E-state index in [0.29, 0.717) is 34.6 Å². The van der Waals surface area contributed by atoms with Crippen molar-refractivity contribution in [2.45, 2.75) is 37.1 Å². The topological polar surface area (TPSA) is 60.9 Å². The van der Waals surface area contributed by atoms with Gasteiger partial charge in [-0.15, -0.1) is 12.4 Å². The van der Waals surface area contributed by atoms with Gasteiger partial charge in [0.2, 0.25) is 15.9 Å². The van der Waals surface area contributed by atoms with Crippen molar-refractivity contribution in [1.82, 2.24) is 14.1 Å². The first-order valence-corrected chi connectivity index (χ1v) is 13.5. The minimum atomic E-state index is -3.62. The van der Waals surface area contributed by atoms with Gasteiger partial charge in [0.1, 0.15) is 0 Å². The number of benzene rings is 2. The van der Waals surface area contributed by atoms with Crippen LogP contribution in [0.1, 0.15) is 24.0 Å². The molecule has 2 aromatic rings. The molecule has 10 heteroatoms. The van der Waals surface area contributed by atoms with Gasteiger partial charge in [-0.2, -0.15) is 4.31 Å². The predicted molar refractivity (Wildman–Crippen MR) is 139 cm³/mol. The Hall–Kier alpha value is -1.35. The largest absolute Gasteiger partial charge is 0.335 e. The zero-order chi connectivity index (χ0) is 23.6. The highest BCUT2D eigenvalue weighted by molar-refractivity contribution is 7.89. The number of rotatable bonds is 6. The second-order valence-corrected chi connectivity index (χ2v) is 11.6. The fourth-order valence-corrected chi connectivity index (χ4v) is 6.37. The van der Waals surface area contributed by atoms with Gasteiger partial charge in [-0.3, -0.25) is 4.79 Å². The van der Waals surface area contributed by atoms with Crippen molar-refractivity contribution in [3.8, 4) is 0 Å². The Labute approximate surface area is 218 Å². The molecule has 1 atom stereocenters. The van der Waals surface area contributed by atoms with Gasteiger partial charge in [-0.1, -0.05) is 47.0 Å². The molecule has 0 N–H and O–H groups in total. The standard InChI is InChI=1S/C24H29Cl2N3O3S.ClH/c1-18-4-7-21(8-5-18)33(31,32)28-12-13-29(20(17-28)16-27-10-2-3-11-27)24(30)15-19-6-9-22(25)23(26)14-19;/h4-9,14,20H,2-3,10-13,15-17H2,1H3;1H/t20-;/m1./s1. The summed E-state index contributed by atoms with van der Waals surface area (Å²) in [4.78, 5) is 17.7. The van der Waals surface area contributed by atoms with Crippen LogP contribution in [0.3, 0.4) is 0 Å². The first-order chi connectivity index (χ1) is 15.7. The molecule has 0 aliphatic carbocycles. The van der Waals surface area contributed by atoms with E-state index < -0.39 is 10.0 Å². The number of piperazine rings is 1. The number of hydrogen-bond acceptors (Lipinski definition) is 4. The molecule has 2 saturated heterocycles. The summed E-state index contributed by atoms with van der Waals surface area (Å²) in [5, 5.41) is 0.874. The molecule has 0 aromatic heterocycles. The fraction of sp³-hybridized carbons (Fsp3) is 0.458. The monoisotopic (exact) mass is 545 g/mol. The Morgan fingerprint density at radius 2 is 1.65 bits per heavy atom. The number of amides is 1. The van der Waals surface area contributed by atoms with Crippen LogP contribution in [0, 0.1) is 6.92 Å². The Bertz CT molecular complexity index is 1110. The first-order valence-electron chi connectivity index (χ1n) is 11.3. The van der Waals surface area contributed by atoms with Crippen LogP contribution >= 0.6 is 35.6 Å². The number of nitrogens with zero attached hydrogens (tertiary/aromatic N) is 3. The Balaban J connectivity index is 0.00000324. The molecule has 6 nitrogen and oxygen atoms in total. The summed E-state index contributed by atoms with van der Waals surface area (Å²) in [5.41, 5.74) is 1.81. The van der Waals surface area contributed by atoms with E-state index in [0.717, 1.165) is 37.1 Å². The third-order valence-corrected chi connectivity index (χ3v) is 9.05. The van der Waals surface area contributed by atoms with Gasteiger partial charge in [-0.05, 0) is 62.7 Å². The molecule has 2 aromatic carbocycles. The van der Waals surface area contributed by atoms with Gasteiger partial charge in [-0.25, -0.2) is 8.42 Å². The van der Waals surface area contributed by atoms with Crippen LogP contribution in [0.2, 0.25) is 10.0 Å². The lowest BCUT2D eigenvalue weighted by Gasteiger charge is -2.42. The van der Waals surface area contributed by atoms with Gasteiger partial charge in [0.05, 0.1) is 27.4 Å². The zero-order valence-electron chi connectivity index (χ0n) is 19.1. The highest BCUT2D eigenvalue weighted by Crippen LogP contribution is 2.25. The molecule has 4 rings (SSSR count). The van der Waals surface area contributed by atoms with Crippen molar-refractivity contribution in [3.63, 3.8) is 0 Å². The summed E-state index contributed by atoms with van der Waals surface area (Å²) in [6.07, 6.45) is 2.47. The highest BCUT2D eigenvalue weighted by Gasteiger charge is 2.37. The molecular weight excluding hydrogens is 517 g/mol. The Morgan fingerprint density at radius 3 is 2.29 bits per heavy atom.